The fourth-order valence-electron chi connectivity index (χ4n) is 1.67. The van der Waals surface area contributed by atoms with Gasteiger partial charge in [-0.1, -0.05) is 0 Å². The smallest absolute Gasteiger partial charge is 0.139 e. The quantitative estimate of drug-likeness (QED) is 0.706. The topological polar surface area (TPSA) is 76.5 Å². The summed E-state index contributed by atoms with van der Waals surface area (Å²) in [6, 6.07) is 0. The number of carbonyl (C=O) groups excluding carboxylic acids is 1. The maximum Gasteiger partial charge on any atom is 0.139 e. The second kappa shape index (κ2) is 4.26. The number of fused-ring (bicyclic) bond motifs is 1. The Labute approximate surface area is 91.0 Å². The Morgan fingerprint density at radius 1 is 1.67 bits per heavy atom. The second-order valence-corrected chi connectivity index (χ2v) is 4.51. The van der Waals surface area contributed by atoms with Crippen molar-refractivity contribution in [2.24, 2.45) is 0 Å². The van der Waals surface area contributed by atoms with Crippen LogP contribution in [-0.4, -0.2) is 40.7 Å². The molecule has 0 aliphatic carbocycles. The maximum absolute atomic E-state index is 10.6. The SMILES string of the molecule is O=C([O-])c1nc2c(s1)CN(CCO)CC2. The van der Waals surface area contributed by atoms with Gasteiger partial charge in [0.1, 0.15) is 11.0 Å². The first-order valence-corrected chi connectivity index (χ1v) is 5.55. The molecule has 82 valence electrons. The molecule has 0 bridgehead atoms. The Morgan fingerprint density at radius 2 is 2.47 bits per heavy atom. The fraction of sp³-hybridized carbons (Fsp3) is 0.556. The molecule has 15 heavy (non-hydrogen) atoms. The van der Waals surface area contributed by atoms with Gasteiger partial charge in [-0.25, -0.2) is 4.98 Å². The minimum absolute atomic E-state index is 0.0610. The molecule has 1 aliphatic heterocycles. The molecule has 2 heterocycles. The first kappa shape index (κ1) is 10.5. The average molecular weight is 227 g/mol. The number of thiazole rings is 1. The van der Waals surface area contributed by atoms with Crippen LogP contribution < -0.4 is 5.11 Å². The van der Waals surface area contributed by atoms with E-state index in [0.29, 0.717) is 13.1 Å². The second-order valence-electron chi connectivity index (χ2n) is 3.43. The van der Waals surface area contributed by atoms with Gasteiger partial charge in [0, 0.05) is 30.9 Å². The lowest BCUT2D eigenvalue weighted by atomic mass is 10.2. The number of carboxylic acids is 1. The van der Waals surface area contributed by atoms with Crippen LogP contribution in [0.4, 0.5) is 0 Å². The number of hydrogen-bond acceptors (Lipinski definition) is 6. The number of hydrogen-bond donors (Lipinski definition) is 1. The summed E-state index contributed by atoms with van der Waals surface area (Å²) in [7, 11) is 0. The zero-order valence-corrected chi connectivity index (χ0v) is 8.92. The number of aromatic carboxylic acids is 1. The van der Waals surface area contributed by atoms with Crippen molar-refractivity contribution in [3.05, 3.63) is 15.6 Å². The highest BCUT2D eigenvalue weighted by Gasteiger charge is 2.20. The number of aromatic nitrogens is 1. The van der Waals surface area contributed by atoms with E-state index < -0.39 is 5.97 Å². The highest BCUT2D eigenvalue weighted by atomic mass is 32.1. The van der Waals surface area contributed by atoms with Crippen LogP contribution in [-0.2, 0) is 13.0 Å². The molecule has 0 aromatic carbocycles. The molecule has 0 spiro atoms. The summed E-state index contributed by atoms with van der Waals surface area (Å²) >= 11 is 1.18. The van der Waals surface area contributed by atoms with Crippen molar-refractivity contribution < 1.29 is 15.0 Å². The molecule has 1 aromatic rings. The average Bonchev–Trinajstić information content (AvgIpc) is 2.61. The molecule has 1 N–H and O–H groups in total. The number of aliphatic hydroxyl groups excluding tert-OH is 1. The van der Waals surface area contributed by atoms with Crippen LogP contribution in [0.3, 0.4) is 0 Å². The number of carboxylic acid groups (broad SMARTS) is 1. The monoisotopic (exact) mass is 227 g/mol. The van der Waals surface area contributed by atoms with Gasteiger partial charge in [-0.05, 0) is 0 Å². The maximum atomic E-state index is 10.6. The van der Waals surface area contributed by atoms with E-state index in [1.807, 2.05) is 0 Å². The number of nitrogens with zero attached hydrogens (tertiary/aromatic N) is 2. The van der Waals surface area contributed by atoms with Crippen LogP contribution in [0.5, 0.6) is 0 Å². The highest BCUT2D eigenvalue weighted by molar-refractivity contribution is 7.13. The standard InChI is InChI=1S/C9H12N2O3S/c12-4-3-11-2-1-6-7(5-11)15-8(10-6)9(13)14/h12H,1-5H2,(H,13,14)/p-1. The normalized spacial score (nSPS) is 16.3. The lowest BCUT2D eigenvalue weighted by Crippen LogP contribution is -2.32. The van der Waals surface area contributed by atoms with E-state index in [4.69, 9.17) is 5.11 Å². The number of aliphatic hydroxyl groups is 1. The van der Waals surface area contributed by atoms with Crippen LogP contribution in [0.1, 0.15) is 20.4 Å². The third-order valence-electron chi connectivity index (χ3n) is 2.40. The molecule has 5 nitrogen and oxygen atoms in total. The molecule has 0 amide bonds. The van der Waals surface area contributed by atoms with Gasteiger partial charge >= 0.3 is 0 Å². The predicted molar refractivity (Wildman–Crippen MR) is 52.5 cm³/mol. The predicted octanol–water partition coefficient (Wildman–Crippen LogP) is -1.14. The van der Waals surface area contributed by atoms with Crippen LogP contribution in [0.2, 0.25) is 0 Å². The van der Waals surface area contributed by atoms with E-state index in [0.717, 1.165) is 23.5 Å². The molecule has 0 atom stereocenters. The summed E-state index contributed by atoms with van der Waals surface area (Å²) < 4.78 is 0. The fourth-order valence-corrected chi connectivity index (χ4v) is 2.65. The Balaban J connectivity index is 2.15. The first-order chi connectivity index (χ1) is 7.20. The largest absolute Gasteiger partial charge is 0.542 e. The van der Waals surface area contributed by atoms with Crippen LogP contribution in [0.15, 0.2) is 0 Å². The molecule has 0 radical (unpaired) electrons. The van der Waals surface area contributed by atoms with Crippen molar-refractivity contribution >= 4 is 17.3 Å². The van der Waals surface area contributed by atoms with Gasteiger partial charge in [-0.2, -0.15) is 0 Å². The lowest BCUT2D eigenvalue weighted by Gasteiger charge is -2.24. The Bertz CT molecular complexity index is 377. The van der Waals surface area contributed by atoms with Crippen molar-refractivity contribution in [1.29, 1.82) is 0 Å². The molecule has 0 saturated heterocycles. The molecule has 0 fully saturated rings. The van der Waals surface area contributed by atoms with E-state index >= 15 is 0 Å². The van der Waals surface area contributed by atoms with Gasteiger partial charge in [0.2, 0.25) is 0 Å². The van der Waals surface area contributed by atoms with Crippen molar-refractivity contribution in [2.75, 3.05) is 19.7 Å². The van der Waals surface area contributed by atoms with Crippen LogP contribution in [0, 0.1) is 0 Å². The van der Waals surface area contributed by atoms with Gasteiger partial charge in [-0.15, -0.1) is 11.3 Å². The Kier molecular flexibility index (Phi) is 2.99. The van der Waals surface area contributed by atoms with Crippen LogP contribution >= 0.6 is 11.3 Å². The third kappa shape index (κ3) is 2.17. The zero-order valence-electron chi connectivity index (χ0n) is 8.10. The molecule has 1 aliphatic rings. The summed E-state index contributed by atoms with van der Waals surface area (Å²) in [6.45, 7) is 2.25. The van der Waals surface area contributed by atoms with E-state index in [-0.39, 0.29) is 11.6 Å². The van der Waals surface area contributed by atoms with E-state index in [1.54, 1.807) is 0 Å². The Morgan fingerprint density at radius 3 is 3.13 bits per heavy atom. The van der Waals surface area contributed by atoms with Gasteiger partial charge in [-0.3, -0.25) is 4.90 Å². The number of carbonyl (C=O) groups is 1. The van der Waals surface area contributed by atoms with Crippen molar-refractivity contribution in [3.63, 3.8) is 0 Å². The van der Waals surface area contributed by atoms with E-state index in [2.05, 4.69) is 9.88 Å². The highest BCUT2D eigenvalue weighted by Crippen LogP contribution is 2.24. The Hall–Kier alpha value is -0.980. The molecule has 6 heteroatoms. The van der Waals surface area contributed by atoms with Gasteiger partial charge in [0.25, 0.3) is 0 Å². The minimum Gasteiger partial charge on any atom is -0.542 e. The lowest BCUT2D eigenvalue weighted by molar-refractivity contribution is -0.255. The summed E-state index contributed by atoms with van der Waals surface area (Å²) in [5.74, 6) is -1.21. The first-order valence-electron chi connectivity index (χ1n) is 4.74. The van der Waals surface area contributed by atoms with Gasteiger partial charge in [0.05, 0.1) is 12.3 Å². The summed E-state index contributed by atoms with van der Waals surface area (Å²) in [6.07, 6.45) is 0.749. The third-order valence-corrected chi connectivity index (χ3v) is 3.46. The summed E-state index contributed by atoms with van der Waals surface area (Å²) in [5.41, 5.74) is 0.869. The molecular weight excluding hydrogens is 216 g/mol. The minimum atomic E-state index is -1.21. The van der Waals surface area contributed by atoms with Crippen LogP contribution in [0.25, 0.3) is 0 Å². The number of rotatable bonds is 3. The van der Waals surface area contributed by atoms with Gasteiger partial charge < -0.3 is 15.0 Å². The van der Waals surface area contributed by atoms with E-state index in [9.17, 15) is 9.90 Å². The molecule has 1 aromatic heterocycles. The summed E-state index contributed by atoms with van der Waals surface area (Å²) in [5, 5.41) is 19.5. The van der Waals surface area contributed by atoms with Crippen molar-refractivity contribution in [3.8, 4) is 0 Å². The van der Waals surface area contributed by atoms with Gasteiger partial charge in [0.15, 0.2) is 0 Å². The summed E-state index contributed by atoms with van der Waals surface area (Å²) in [4.78, 5) is 17.7. The number of β-amino-alcohol motifs (C(OH)–C–C–N with tert-alkyl or cyclic N) is 1. The van der Waals surface area contributed by atoms with E-state index in [1.165, 1.54) is 11.3 Å². The van der Waals surface area contributed by atoms with Crippen molar-refractivity contribution in [1.82, 2.24) is 9.88 Å². The molecular formula is C9H11N2O3S-. The molecule has 0 unspecified atom stereocenters. The molecule has 2 rings (SSSR count). The van der Waals surface area contributed by atoms with Crippen molar-refractivity contribution in [2.45, 2.75) is 13.0 Å². The zero-order chi connectivity index (χ0) is 10.8. The molecule has 0 saturated carbocycles.